The van der Waals surface area contributed by atoms with Crippen molar-refractivity contribution < 1.29 is 24.0 Å². The molecule has 0 N–H and O–H groups in total. The second-order valence-corrected chi connectivity index (χ2v) is 5.38. The summed E-state index contributed by atoms with van der Waals surface area (Å²) >= 11 is 0. The van der Waals surface area contributed by atoms with Crippen LogP contribution in [0.3, 0.4) is 0 Å². The van der Waals surface area contributed by atoms with E-state index in [-0.39, 0.29) is 27.9 Å². The third-order valence-corrected chi connectivity index (χ3v) is 3.94. The predicted octanol–water partition coefficient (Wildman–Crippen LogP) is 3.10. The highest BCUT2D eigenvalue weighted by Crippen LogP contribution is 2.37. The molecule has 0 atom stereocenters. The van der Waals surface area contributed by atoms with E-state index in [2.05, 4.69) is 4.98 Å². The fourth-order valence-electron chi connectivity index (χ4n) is 2.81. The van der Waals surface area contributed by atoms with E-state index in [0.29, 0.717) is 17.8 Å². The fraction of sp³-hybridized carbons (Fsp3) is 0.278. The monoisotopic (exact) mass is 358 g/mol. The summed E-state index contributed by atoms with van der Waals surface area (Å²) in [6, 6.07) is 5.88. The summed E-state index contributed by atoms with van der Waals surface area (Å²) in [5.74, 6) is -1.47. The summed E-state index contributed by atoms with van der Waals surface area (Å²) in [5, 5.41) is 11.5. The van der Waals surface area contributed by atoms with Crippen molar-refractivity contribution in [1.82, 2.24) is 4.98 Å². The molecule has 0 aliphatic heterocycles. The number of benzene rings is 1. The molecular weight excluding hydrogens is 340 g/mol. The highest BCUT2D eigenvalue weighted by Gasteiger charge is 2.31. The zero-order valence-electron chi connectivity index (χ0n) is 14.9. The van der Waals surface area contributed by atoms with E-state index in [1.807, 2.05) is 0 Å². The molecule has 0 saturated carbocycles. The van der Waals surface area contributed by atoms with E-state index >= 15 is 0 Å². The summed E-state index contributed by atoms with van der Waals surface area (Å²) in [6.45, 7) is 3.37. The van der Waals surface area contributed by atoms with Crippen LogP contribution in [-0.4, -0.2) is 36.1 Å². The van der Waals surface area contributed by atoms with Crippen LogP contribution in [0.5, 0.6) is 0 Å². The molecular formula is C18H18N2O6. The van der Waals surface area contributed by atoms with E-state index in [0.717, 1.165) is 0 Å². The van der Waals surface area contributed by atoms with Gasteiger partial charge < -0.3 is 9.47 Å². The number of nitro benzene ring substituents is 1. The smallest absolute Gasteiger partial charge is 0.340 e. The summed E-state index contributed by atoms with van der Waals surface area (Å²) in [7, 11) is 2.39. The zero-order chi connectivity index (χ0) is 19.4. The van der Waals surface area contributed by atoms with E-state index in [1.165, 1.54) is 32.4 Å². The summed E-state index contributed by atoms with van der Waals surface area (Å²) < 4.78 is 9.67. The maximum atomic E-state index is 12.5. The molecule has 1 aromatic heterocycles. The molecule has 0 saturated heterocycles. The number of hydrogen-bond acceptors (Lipinski definition) is 7. The van der Waals surface area contributed by atoms with Gasteiger partial charge in [0.2, 0.25) is 0 Å². The van der Waals surface area contributed by atoms with Gasteiger partial charge in [0.1, 0.15) is 0 Å². The number of aryl methyl sites for hydroxylation is 2. The maximum Gasteiger partial charge on any atom is 0.340 e. The van der Waals surface area contributed by atoms with Gasteiger partial charge in [-0.3, -0.25) is 15.1 Å². The first-order valence-electron chi connectivity index (χ1n) is 7.81. The molecule has 0 fully saturated rings. The molecule has 8 heteroatoms. The Morgan fingerprint density at radius 3 is 2.23 bits per heavy atom. The van der Waals surface area contributed by atoms with E-state index in [1.54, 1.807) is 19.9 Å². The number of rotatable bonds is 5. The van der Waals surface area contributed by atoms with Gasteiger partial charge in [-0.05, 0) is 19.4 Å². The van der Waals surface area contributed by atoms with Crippen molar-refractivity contribution in [2.24, 2.45) is 0 Å². The number of para-hydroxylation sites is 1. The SMILES string of the molecule is CCc1nc(C)c(C(=O)OC)c(-c2ccccc2[N+](=O)[O-])c1C(=O)OC. The molecule has 26 heavy (non-hydrogen) atoms. The number of carbonyl (C=O) groups excluding carboxylic acids is 2. The molecule has 1 aromatic carbocycles. The molecule has 8 nitrogen and oxygen atoms in total. The first-order chi connectivity index (χ1) is 12.4. The van der Waals surface area contributed by atoms with E-state index < -0.39 is 16.9 Å². The van der Waals surface area contributed by atoms with Crippen LogP contribution in [0.25, 0.3) is 11.1 Å². The number of aromatic nitrogens is 1. The Labute approximate surface area is 149 Å². The van der Waals surface area contributed by atoms with Gasteiger partial charge in [-0.25, -0.2) is 9.59 Å². The molecule has 1 heterocycles. The van der Waals surface area contributed by atoms with Gasteiger partial charge in [-0.15, -0.1) is 0 Å². The first-order valence-corrected chi connectivity index (χ1v) is 7.81. The third kappa shape index (κ3) is 3.26. The van der Waals surface area contributed by atoms with Gasteiger partial charge >= 0.3 is 11.9 Å². The number of carbonyl (C=O) groups is 2. The summed E-state index contributed by atoms with van der Waals surface area (Å²) in [6.07, 6.45) is 0.375. The second-order valence-electron chi connectivity index (χ2n) is 5.38. The highest BCUT2D eigenvalue weighted by molar-refractivity contribution is 6.08. The van der Waals surface area contributed by atoms with Gasteiger partial charge in [0, 0.05) is 11.6 Å². The maximum absolute atomic E-state index is 12.5. The lowest BCUT2D eigenvalue weighted by Gasteiger charge is -2.17. The summed E-state index contributed by atoms with van der Waals surface area (Å²) in [5.41, 5.74) is 0.702. The van der Waals surface area contributed by atoms with Gasteiger partial charge in [-0.2, -0.15) is 0 Å². The average molecular weight is 358 g/mol. The van der Waals surface area contributed by atoms with Crippen molar-refractivity contribution >= 4 is 17.6 Å². The lowest BCUT2D eigenvalue weighted by atomic mass is 9.90. The van der Waals surface area contributed by atoms with Gasteiger partial charge in [0.25, 0.3) is 5.69 Å². The lowest BCUT2D eigenvalue weighted by molar-refractivity contribution is -0.384. The minimum atomic E-state index is -0.740. The van der Waals surface area contributed by atoms with Gasteiger partial charge in [-0.1, -0.05) is 19.1 Å². The molecule has 0 aliphatic rings. The summed E-state index contributed by atoms with van der Waals surface area (Å²) in [4.78, 5) is 40.1. The third-order valence-electron chi connectivity index (χ3n) is 3.94. The molecule has 0 amide bonds. The van der Waals surface area contributed by atoms with Crippen LogP contribution in [0.2, 0.25) is 0 Å². The van der Waals surface area contributed by atoms with Crippen LogP contribution in [0.15, 0.2) is 24.3 Å². The normalized spacial score (nSPS) is 10.3. The topological polar surface area (TPSA) is 109 Å². The van der Waals surface area contributed by atoms with Crippen molar-refractivity contribution in [3.05, 3.63) is 56.9 Å². The largest absolute Gasteiger partial charge is 0.465 e. The van der Waals surface area contributed by atoms with E-state index in [9.17, 15) is 19.7 Å². The van der Waals surface area contributed by atoms with Crippen molar-refractivity contribution in [3.8, 4) is 11.1 Å². The number of nitrogens with zero attached hydrogens (tertiary/aromatic N) is 2. The Morgan fingerprint density at radius 2 is 1.69 bits per heavy atom. The second kappa shape index (κ2) is 7.73. The van der Waals surface area contributed by atoms with Gasteiger partial charge in [0.15, 0.2) is 0 Å². The minimum Gasteiger partial charge on any atom is -0.465 e. The number of esters is 2. The zero-order valence-corrected chi connectivity index (χ0v) is 14.9. The Kier molecular flexibility index (Phi) is 5.66. The number of ether oxygens (including phenoxy) is 2. The lowest BCUT2D eigenvalue weighted by Crippen LogP contribution is -2.17. The van der Waals surface area contributed by atoms with Crippen LogP contribution in [-0.2, 0) is 15.9 Å². The van der Waals surface area contributed by atoms with Crippen LogP contribution in [0.4, 0.5) is 5.69 Å². The number of hydrogen-bond donors (Lipinski definition) is 0. The first kappa shape index (κ1) is 19.0. The molecule has 2 rings (SSSR count). The highest BCUT2D eigenvalue weighted by atomic mass is 16.6. The van der Waals surface area contributed by atoms with Crippen molar-refractivity contribution in [3.63, 3.8) is 0 Å². The minimum absolute atomic E-state index is 0.000556. The van der Waals surface area contributed by atoms with Crippen LogP contribution >= 0.6 is 0 Å². The van der Waals surface area contributed by atoms with Crippen LogP contribution in [0.1, 0.15) is 39.0 Å². The van der Waals surface area contributed by atoms with Crippen molar-refractivity contribution in [2.75, 3.05) is 14.2 Å². The molecule has 136 valence electrons. The Balaban J connectivity index is 3.06. The molecule has 0 aliphatic carbocycles. The Hall–Kier alpha value is -3.29. The quantitative estimate of drug-likeness (QED) is 0.459. The molecule has 0 unspecified atom stereocenters. The van der Waals surface area contributed by atoms with E-state index in [4.69, 9.17) is 9.47 Å². The molecule has 0 radical (unpaired) electrons. The number of methoxy groups -OCH3 is 2. The van der Waals surface area contributed by atoms with Crippen molar-refractivity contribution in [1.29, 1.82) is 0 Å². The Morgan fingerprint density at radius 1 is 1.12 bits per heavy atom. The predicted molar refractivity (Wildman–Crippen MR) is 93.1 cm³/mol. The molecule has 0 spiro atoms. The molecule has 0 bridgehead atoms. The number of pyridine rings is 1. The fourth-order valence-corrected chi connectivity index (χ4v) is 2.81. The van der Waals surface area contributed by atoms with Crippen LogP contribution in [0, 0.1) is 17.0 Å². The van der Waals surface area contributed by atoms with Crippen LogP contribution < -0.4 is 0 Å². The van der Waals surface area contributed by atoms with Gasteiger partial charge in [0.05, 0.1) is 47.2 Å². The average Bonchev–Trinajstić information content (AvgIpc) is 2.65. The molecule has 2 aromatic rings. The number of nitro groups is 1. The Bertz CT molecular complexity index is 891. The van der Waals surface area contributed by atoms with Crippen molar-refractivity contribution in [2.45, 2.75) is 20.3 Å². The standard InChI is InChI=1S/C18H18N2O6/c1-5-12-16(18(22)26-4)15(14(10(2)19-12)17(21)25-3)11-8-6-7-9-13(11)20(23)24/h6-9H,5H2,1-4H3.